The highest BCUT2D eigenvalue weighted by Gasteiger charge is 2.19. The van der Waals surface area contributed by atoms with Gasteiger partial charge in [-0.1, -0.05) is 13.8 Å². The molecule has 1 fully saturated rings. The number of alkyl halides is 1. The van der Waals surface area contributed by atoms with Crippen molar-refractivity contribution in [2.24, 2.45) is 5.92 Å². The maximum Gasteiger partial charge on any atom is 0.102 e. The van der Waals surface area contributed by atoms with Crippen LogP contribution in [0.25, 0.3) is 0 Å². The SMILES string of the molecule is C[C](C)CC1CCN(CCF)CC1. The molecule has 0 aliphatic carbocycles. The third-order valence-electron chi connectivity index (χ3n) is 2.80. The molecule has 1 aliphatic rings. The monoisotopic (exact) mass is 186 g/mol. The Labute approximate surface area is 81.3 Å². The van der Waals surface area contributed by atoms with Gasteiger partial charge in [0.2, 0.25) is 0 Å². The average molecular weight is 186 g/mol. The van der Waals surface area contributed by atoms with E-state index < -0.39 is 0 Å². The molecule has 1 heterocycles. The zero-order valence-electron chi connectivity index (χ0n) is 8.85. The van der Waals surface area contributed by atoms with E-state index in [-0.39, 0.29) is 6.67 Å². The van der Waals surface area contributed by atoms with Crippen LogP contribution < -0.4 is 0 Å². The minimum Gasteiger partial charge on any atom is -0.301 e. The standard InChI is InChI=1S/C11H21FN/c1-10(2)9-11-3-6-13(7-4-11)8-5-12/h11H,3-9H2,1-2H3. The van der Waals surface area contributed by atoms with Gasteiger partial charge < -0.3 is 4.90 Å². The predicted octanol–water partition coefficient (Wildman–Crippen LogP) is 2.67. The largest absolute Gasteiger partial charge is 0.301 e. The highest BCUT2D eigenvalue weighted by molar-refractivity contribution is 4.83. The summed E-state index contributed by atoms with van der Waals surface area (Å²) in [6.45, 7) is 7.05. The normalized spacial score (nSPS) is 21.2. The molecule has 0 aromatic rings. The topological polar surface area (TPSA) is 3.24 Å². The zero-order valence-corrected chi connectivity index (χ0v) is 8.85. The second kappa shape index (κ2) is 5.58. The summed E-state index contributed by atoms with van der Waals surface area (Å²) in [7, 11) is 0. The molecule has 1 radical (unpaired) electrons. The molecule has 1 rings (SSSR count). The number of halogens is 1. The molecule has 0 amide bonds. The van der Waals surface area contributed by atoms with Crippen molar-refractivity contribution in [1.29, 1.82) is 0 Å². The first-order chi connectivity index (χ1) is 6.22. The van der Waals surface area contributed by atoms with Gasteiger partial charge in [0.15, 0.2) is 0 Å². The quantitative estimate of drug-likeness (QED) is 0.652. The number of hydrogen-bond acceptors (Lipinski definition) is 1. The summed E-state index contributed by atoms with van der Waals surface area (Å²) in [6, 6.07) is 0. The van der Waals surface area contributed by atoms with Gasteiger partial charge in [-0.3, -0.25) is 0 Å². The molecule has 0 saturated carbocycles. The van der Waals surface area contributed by atoms with E-state index in [4.69, 9.17) is 0 Å². The summed E-state index contributed by atoms with van der Waals surface area (Å²) in [5.41, 5.74) is 0. The van der Waals surface area contributed by atoms with Crippen molar-refractivity contribution in [3.05, 3.63) is 5.92 Å². The molecule has 77 valence electrons. The Morgan fingerprint density at radius 3 is 2.38 bits per heavy atom. The van der Waals surface area contributed by atoms with E-state index in [0.717, 1.165) is 19.0 Å². The molecule has 13 heavy (non-hydrogen) atoms. The summed E-state index contributed by atoms with van der Waals surface area (Å²) in [5.74, 6) is 2.39. The molecule has 0 aromatic heterocycles. The fourth-order valence-corrected chi connectivity index (χ4v) is 2.11. The van der Waals surface area contributed by atoms with E-state index in [1.807, 2.05) is 0 Å². The Hall–Kier alpha value is -0.110. The minimum atomic E-state index is -0.191. The third kappa shape index (κ3) is 4.08. The van der Waals surface area contributed by atoms with Crippen molar-refractivity contribution < 1.29 is 4.39 Å². The van der Waals surface area contributed by atoms with Crippen LogP contribution in [0.4, 0.5) is 4.39 Å². The van der Waals surface area contributed by atoms with E-state index in [1.165, 1.54) is 25.2 Å². The van der Waals surface area contributed by atoms with Gasteiger partial charge in [0, 0.05) is 6.54 Å². The molecule has 1 aliphatic heterocycles. The Bertz CT molecular complexity index is 128. The van der Waals surface area contributed by atoms with Gasteiger partial charge in [0.05, 0.1) is 0 Å². The fraction of sp³-hybridized carbons (Fsp3) is 0.909. The number of rotatable bonds is 4. The highest BCUT2D eigenvalue weighted by Crippen LogP contribution is 2.24. The molecular formula is C11H21FN. The lowest BCUT2D eigenvalue weighted by Crippen LogP contribution is -2.35. The van der Waals surface area contributed by atoms with Crippen LogP contribution in [0, 0.1) is 11.8 Å². The summed E-state index contributed by atoms with van der Waals surface area (Å²) in [6.07, 6.45) is 3.78. The van der Waals surface area contributed by atoms with Crippen molar-refractivity contribution in [3.63, 3.8) is 0 Å². The van der Waals surface area contributed by atoms with Crippen molar-refractivity contribution in [2.75, 3.05) is 26.3 Å². The van der Waals surface area contributed by atoms with Crippen LogP contribution in [-0.4, -0.2) is 31.2 Å². The molecule has 0 atom stereocenters. The number of nitrogens with zero attached hydrogens (tertiary/aromatic N) is 1. The zero-order chi connectivity index (χ0) is 9.68. The number of likely N-dealkylation sites (tertiary alicyclic amines) is 1. The van der Waals surface area contributed by atoms with E-state index in [9.17, 15) is 4.39 Å². The molecule has 0 bridgehead atoms. The first kappa shape index (κ1) is 11.0. The van der Waals surface area contributed by atoms with E-state index in [2.05, 4.69) is 18.7 Å². The molecule has 1 nitrogen and oxygen atoms in total. The molecule has 0 N–H and O–H groups in total. The first-order valence-electron chi connectivity index (χ1n) is 5.29. The number of hydrogen-bond donors (Lipinski definition) is 0. The van der Waals surface area contributed by atoms with E-state index in [0.29, 0.717) is 6.54 Å². The van der Waals surface area contributed by atoms with E-state index in [1.54, 1.807) is 0 Å². The maximum atomic E-state index is 12.0. The van der Waals surface area contributed by atoms with Gasteiger partial charge in [-0.25, -0.2) is 4.39 Å². The van der Waals surface area contributed by atoms with Crippen molar-refractivity contribution in [2.45, 2.75) is 33.1 Å². The van der Waals surface area contributed by atoms with E-state index >= 15 is 0 Å². The van der Waals surface area contributed by atoms with Gasteiger partial charge in [-0.15, -0.1) is 0 Å². The lowest BCUT2D eigenvalue weighted by Gasteiger charge is -2.31. The Morgan fingerprint density at radius 1 is 1.31 bits per heavy atom. The molecule has 0 spiro atoms. The van der Waals surface area contributed by atoms with Crippen molar-refractivity contribution in [1.82, 2.24) is 4.90 Å². The second-order valence-corrected chi connectivity index (χ2v) is 4.39. The van der Waals surface area contributed by atoms with Crippen molar-refractivity contribution in [3.8, 4) is 0 Å². The Kier molecular flexibility index (Phi) is 4.71. The molecule has 0 unspecified atom stereocenters. The van der Waals surface area contributed by atoms with Gasteiger partial charge >= 0.3 is 0 Å². The Morgan fingerprint density at radius 2 is 1.92 bits per heavy atom. The van der Waals surface area contributed by atoms with Crippen LogP contribution in [0.2, 0.25) is 0 Å². The van der Waals surface area contributed by atoms with Crippen LogP contribution in [-0.2, 0) is 0 Å². The Balaban J connectivity index is 2.15. The summed E-state index contributed by atoms with van der Waals surface area (Å²) in [4.78, 5) is 2.24. The van der Waals surface area contributed by atoms with Crippen LogP contribution in [0.3, 0.4) is 0 Å². The van der Waals surface area contributed by atoms with Crippen LogP contribution in [0.5, 0.6) is 0 Å². The van der Waals surface area contributed by atoms with Crippen LogP contribution >= 0.6 is 0 Å². The predicted molar refractivity (Wildman–Crippen MR) is 54.3 cm³/mol. The summed E-state index contributed by atoms with van der Waals surface area (Å²) < 4.78 is 12.0. The van der Waals surface area contributed by atoms with Gasteiger partial charge in [-0.2, -0.15) is 0 Å². The molecule has 0 aromatic carbocycles. The number of piperidine rings is 1. The lowest BCUT2D eigenvalue weighted by molar-refractivity contribution is 0.170. The van der Waals surface area contributed by atoms with Crippen LogP contribution in [0.1, 0.15) is 33.1 Å². The highest BCUT2D eigenvalue weighted by atomic mass is 19.1. The van der Waals surface area contributed by atoms with Gasteiger partial charge in [0.1, 0.15) is 6.67 Å². The lowest BCUT2D eigenvalue weighted by atomic mass is 9.89. The summed E-state index contributed by atoms with van der Waals surface area (Å²) >= 11 is 0. The molecule has 1 saturated heterocycles. The van der Waals surface area contributed by atoms with Gasteiger partial charge in [-0.05, 0) is 44.2 Å². The smallest absolute Gasteiger partial charge is 0.102 e. The van der Waals surface area contributed by atoms with Crippen LogP contribution in [0.15, 0.2) is 0 Å². The summed E-state index contributed by atoms with van der Waals surface area (Å²) in [5, 5.41) is 0. The fourth-order valence-electron chi connectivity index (χ4n) is 2.11. The second-order valence-electron chi connectivity index (χ2n) is 4.39. The first-order valence-corrected chi connectivity index (χ1v) is 5.29. The third-order valence-corrected chi connectivity index (χ3v) is 2.80. The molecular weight excluding hydrogens is 165 g/mol. The molecule has 2 heteroatoms. The maximum absolute atomic E-state index is 12.0. The van der Waals surface area contributed by atoms with Gasteiger partial charge in [0.25, 0.3) is 0 Å². The van der Waals surface area contributed by atoms with Crippen molar-refractivity contribution >= 4 is 0 Å². The minimum absolute atomic E-state index is 0.191. The average Bonchev–Trinajstić information content (AvgIpc) is 2.08.